The Balaban J connectivity index is 1.93. The van der Waals surface area contributed by atoms with E-state index in [9.17, 15) is 14.9 Å². The van der Waals surface area contributed by atoms with Crippen molar-refractivity contribution in [2.75, 3.05) is 24.5 Å². The van der Waals surface area contributed by atoms with Crippen LogP contribution in [0.15, 0.2) is 18.3 Å². The maximum Gasteiger partial charge on any atom is 0.287 e. The zero-order chi connectivity index (χ0) is 17.0. The first kappa shape index (κ1) is 17.2. The van der Waals surface area contributed by atoms with Crippen LogP contribution >= 0.6 is 0 Å². The number of hydrogen-bond acceptors (Lipinski definition) is 5. The minimum absolute atomic E-state index is 0.000231. The lowest BCUT2D eigenvalue weighted by Gasteiger charge is -2.34. The standard InChI is InChI=1S/C16H24N4O3/c1-16(2,3)15(21)18-9-12-5-4-8-19(11-12)14-7-6-13(10-17-14)20(22)23/h6-7,10,12H,4-5,8-9,11H2,1-3H3,(H,18,21). The fourth-order valence-electron chi connectivity index (χ4n) is 2.62. The van der Waals surface area contributed by atoms with Gasteiger partial charge in [-0.1, -0.05) is 20.8 Å². The second kappa shape index (κ2) is 6.93. The maximum atomic E-state index is 12.0. The van der Waals surface area contributed by atoms with Crippen molar-refractivity contribution in [2.45, 2.75) is 33.6 Å². The Hall–Kier alpha value is -2.18. The van der Waals surface area contributed by atoms with Gasteiger partial charge in [-0.3, -0.25) is 14.9 Å². The number of anilines is 1. The molecule has 1 atom stereocenters. The molecule has 23 heavy (non-hydrogen) atoms. The van der Waals surface area contributed by atoms with Gasteiger partial charge in [-0.25, -0.2) is 4.98 Å². The fraction of sp³-hybridized carbons (Fsp3) is 0.625. The molecule has 1 N–H and O–H groups in total. The third kappa shape index (κ3) is 4.64. The number of nitrogens with one attached hydrogen (secondary N) is 1. The molecule has 2 heterocycles. The summed E-state index contributed by atoms with van der Waals surface area (Å²) < 4.78 is 0. The third-order valence-corrected chi connectivity index (χ3v) is 4.02. The highest BCUT2D eigenvalue weighted by Crippen LogP contribution is 2.23. The maximum absolute atomic E-state index is 12.0. The molecule has 0 aliphatic carbocycles. The molecular formula is C16H24N4O3. The number of hydrogen-bond donors (Lipinski definition) is 1. The van der Waals surface area contributed by atoms with Crippen LogP contribution < -0.4 is 10.2 Å². The van der Waals surface area contributed by atoms with Gasteiger partial charge in [0.1, 0.15) is 12.0 Å². The van der Waals surface area contributed by atoms with Gasteiger partial charge < -0.3 is 10.2 Å². The van der Waals surface area contributed by atoms with E-state index in [2.05, 4.69) is 15.2 Å². The predicted molar refractivity (Wildman–Crippen MR) is 88.3 cm³/mol. The van der Waals surface area contributed by atoms with Crippen molar-refractivity contribution in [3.63, 3.8) is 0 Å². The highest BCUT2D eigenvalue weighted by Gasteiger charge is 2.25. The minimum atomic E-state index is -0.447. The molecule has 0 spiro atoms. The molecule has 0 radical (unpaired) electrons. The molecular weight excluding hydrogens is 296 g/mol. The van der Waals surface area contributed by atoms with Gasteiger partial charge in [-0.2, -0.15) is 0 Å². The first-order valence-electron chi connectivity index (χ1n) is 7.91. The minimum Gasteiger partial charge on any atom is -0.356 e. The Labute approximate surface area is 136 Å². The van der Waals surface area contributed by atoms with Crippen LogP contribution in [-0.4, -0.2) is 35.4 Å². The lowest BCUT2D eigenvalue weighted by atomic mass is 9.94. The summed E-state index contributed by atoms with van der Waals surface area (Å²) in [4.78, 5) is 28.5. The summed E-state index contributed by atoms with van der Waals surface area (Å²) in [6, 6.07) is 3.17. The summed E-state index contributed by atoms with van der Waals surface area (Å²) in [7, 11) is 0. The third-order valence-electron chi connectivity index (χ3n) is 4.02. The summed E-state index contributed by atoms with van der Waals surface area (Å²) in [6.45, 7) is 8.03. The molecule has 126 valence electrons. The molecule has 1 unspecified atom stereocenters. The number of aromatic nitrogens is 1. The fourth-order valence-corrected chi connectivity index (χ4v) is 2.62. The Bertz CT molecular complexity index is 566. The smallest absolute Gasteiger partial charge is 0.287 e. The summed E-state index contributed by atoms with van der Waals surface area (Å²) in [6.07, 6.45) is 3.38. The van der Waals surface area contributed by atoms with Gasteiger partial charge >= 0.3 is 0 Å². The molecule has 1 saturated heterocycles. The van der Waals surface area contributed by atoms with Crippen LogP contribution in [0.5, 0.6) is 0 Å². The van der Waals surface area contributed by atoms with Gasteiger partial charge in [0, 0.05) is 31.1 Å². The Morgan fingerprint density at radius 3 is 2.78 bits per heavy atom. The zero-order valence-electron chi connectivity index (χ0n) is 13.9. The van der Waals surface area contributed by atoms with E-state index in [1.54, 1.807) is 6.07 Å². The van der Waals surface area contributed by atoms with Gasteiger partial charge in [0.15, 0.2) is 0 Å². The van der Waals surface area contributed by atoms with Crippen LogP contribution in [0.4, 0.5) is 11.5 Å². The van der Waals surface area contributed by atoms with E-state index in [0.29, 0.717) is 12.5 Å². The largest absolute Gasteiger partial charge is 0.356 e. The SMILES string of the molecule is CC(C)(C)C(=O)NCC1CCCN(c2ccc([N+](=O)[O-])cn2)C1. The number of pyridine rings is 1. The highest BCUT2D eigenvalue weighted by molar-refractivity contribution is 5.81. The first-order valence-corrected chi connectivity index (χ1v) is 7.91. The number of carbonyl (C=O) groups excluding carboxylic acids is 1. The van der Waals surface area contributed by atoms with Crippen molar-refractivity contribution >= 4 is 17.4 Å². The van der Waals surface area contributed by atoms with Crippen molar-refractivity contribution in [2.24, 2.45) is 11.3 Å². The predicted octanol–water partition coefficient (Wildman–Crippen LogP) is 2.37. The number of carbonyl (C=O) groups is 1. The molecule has 2 rings (SSSR count). The molecule has 7 heteroatoms. The van der Waals surface area contributed by atoms with Gasteiger partial charge in [-0.05, 0) is 24.8 Å². The number of rotatable bonds is 4. The van der Waals surface area contributed by atoms with Crippen LogP contribution in [0.3, 0.4) is 0 Å². The van der Waals surface area contributed by atoms with E-state index < -0.39 is 4.92 Å². The van der Waals surface area contributed by atoms with Gasteiger partial charge in [0.05, 0.1) is 4.92 Å². The molecule has 0 saturated carbocycles. The Morgan fingerprint density at radius 1 is 1.48 bits per heavy atom. The average molecular weight is 320 g/mol. The van der Waals surface area contributed by atoms with Crippen molar-refractivity contribution < 1.29 is 9.72 Å². The lowest BCUT2D eigenvalue weighted by Crippen LogP contribution is -2.43. The van der Waals surface area contributed by atoms with E-state index in [-0.39, 0.29) is 17.0 Å². The van der Waals surface area contributed by atoms with Gasteiger partial charge in [-0.15, -0.1) is 0 Å². The molecule has 0 bridgehead atoms. The zero-order valence-corrected chi connectivity index (χ0v) is 13.9. The molecule has 1 aliphatic heterocycles. The summed E-state index contributed by atoms with van der Waals surface area (Å²) >= 11 is 0. The Morgan fingerprint density at radius 2 is 2.22 bits per heavy atom. The Kier molecular flexibility index (Phi) is 5.18. The quantitative estimate of drug-likeness (QED) is 0.679. The lowest BCUT2D eigenvalue weighted by molar-refractivity contribution is -0.385. The summed E-state index contributed by atoms with van der Waals surface area (Å²) in [5.41, 5.74) is -0.381. The second-order valence-electron chi connectivity index (χ2n) is 7.05. The molecule has 0 aromatic carbocycles. The molecule has 1 aliphatic rings. The van der Waals surface area contributed by atoms with Crippen LogP contribution in [0.1, 0.15) is 33.6 Å². The summed E-state index contributed by atoms with van der Waals surface area (Å²) in [5, 5.41) is 13.7. The molecule has 1 aromatic heterocycles. The van der Waals surface area contributed by atoms with Crippen molar-refractivity contribution in [1.29, 1.82) is 0 Å². The normalized spacial score (nSPS) is 18.6. The molecule has 7 nitrogen and oxygen atoms in total. The van der Waals surface area contributed by atoms with Crippen LogP contribution in [0.2, 0.25) is 0 Å². The van der Waals surface area contributed by atoms with Crippen LogP contribution in [0.25, 0.3) is 0 Å². The molecule has 1 aromatic rings. The number of nitro groups is 1. The topological polar surface area (TPSA) is 88.4 Å². The molecule has 1 fully saturated rings. The van der Waals surface area contributed by atoms with Crippen molar-refractivity contribution in [3.8, 4) is 0 Å². The van der Waals surface area contributed by atoms with Crippen molar-refractivity contribution in [3.05, 3.63) is 28.4 Å². The van der Waals surface area contributed by atoms with E-state index in [1.807, 2.05) is 20.8 Å². The number of nitrogens with zero attached hydrogens (tertiary/aromatic N) is 3. The highest BCUT2D eigenvalue weighted by atomic mass is 16.6. The van der Waals surface area contributed by atoms with E-state index in [4.69, 9.17) is 0 Å². The second-order valence-corrected chi connectivity index (χ2v) is 7.05. The van der Waals surface area contributed by atoms with Gasteiger partial charge in [0.2, 0.25) is 5.91 Å². The van der Waals surface area contributed by atoms with Gasteiger partial charge in [0.25, 0.3) is 5.69 Å². The van der Waals surface area contributed by atoms with E-state index in [1.165, 1.54) is 12.3 Å². The van der Waals surface area contributed by atoms with Crippen LogP contribution in [-0.2, 0) is 4.79 Å². The van der Waals surface area contributed by atoms with E-state index in [0.717, 1.165) is 31.7 Å². The number of amides is 1. The first-order chi connectivity index (χ1) is 10.8. The number of piperidine rings is 1. The van der Waals surface area contributed by atoms with Crippen molar-refractivity contribution in [1.82, 2.24) is 10.3 Å². The van der Waals surface area contributed by atoms with E-state index >= 15 is 0 Å². The summed E-state index contributed by atoms with van der Waals surface area (Å²) in [5.74, 6) is 1.18. The monoisotopic (exact) mass is 320 g/mol. The van der Waals surface area contributed by atoms with Crippen LogP contribution in [0, 0.1) is 21.4 Å². The average Bonchev–Trinajstić information content (AvgIpc) is 2.52. The molecule has 1 amide bonds.